The molecular formula is C9H15ClN2S. The summed E-state index contributed by atoms with van der Waals surface area (Å²) in [7, 11) is 0. The molecule has 74 valence electrons. The summed E-state index contributed by atoms with van der Waals surface area (Å²) in [5.41, 5.74) is 2.88. The van der Waals surface area contributed by atoms with E-state index in [1.165, 1.54) is 0 Å². The van der Waals surface area contributed by atoms with E-state index < -0.39 is 0 Å². The third-order valence-corrected chi connectivity index (χ3v) is 3.36. The van der Waals surface area contributed by atoms with Gasteiger partial charge in [0.15, 0.2) is 0 Å². The third-order valence-electron chi connectivity index (χ3n) is 1.94. The largest absolute Gasteiger partial charge is 0.271 e. The molecule has 0 saturated heterocycles. The summed E-state index contributed by atoms with van der Waals surface area (Å²) < 4.78 is 0. The second-order valence-corrected chi connectivity index (χ2v) is 5.45. The average Bonchev–Trinajstić information content (AvgIpc) is 2.35. The summed E-state index contributed by atoms with van der Waals surface area (Å²) in [4.78, 5) is 1.11. The third kappa shape index (κ3) is 2.44. The first-order valence-corrected chi connectivity index (χ1v) is 5.41. The van der Waals surface area contributed by atoms with Crippen molar-refractivity contribution < 1.29 is 0 Å². The highest BCUT2D eigenvalue weighted by Crippen LogP contribution is 2.38. The molecule has 1 aromatic heterocycles. The number of rotatable bonds is 2. The SMILES string of the molecule is CC(C)(C)C(NN)c1sccc1Cl. The number of halogens is 1. The number of hydrazine groups is 1. The van der Waals surface area contributed by atoms with Crippen LogP contribution in [-0.2, 0) is 0 Å². The van der Waals surface area contributed by atoms with E-state index in [2.05, 4.69) is 26.2 Å². The van der Waals surface area contributed by atoms with Gasteiger partial charge < -0.3 is 0 Å². The smallest absolute Gasteiger partial charge is 0.0616 e. The van der Waals surface area contributed by atoms with Crippen LogP contribution in [0.5, 0.6) is 0 Å². The molecule has 0 aliphatic carbocycles. The molecule has 0 bridgehead atoms. The Bertz CT molecular complexity index is 277. The van der Waals surface area contributed by atoms with Gasteiger partial charge in [0.25, 0.3) is 0 Å². The number of hydrogen-bond acceptors (Lipinski definition) is 3. The minimum atomic E-state index is 0.0727. The zero-order valence-corrected chi connectivity index (χ0v) is 9.67. The van der Waals surface area contributed by atoms with E-state index in [1.807, 2.05) is 11.4 Å². The van der Waals surface area contributed by atoms with Crippen LogP contribution in [0, 0.1) is 5.41 Å². The Morgan fingerprint density at radius 2 is 2.15 bits per heavy atom. The van der Waals surface area contributed by atoms with E-state index >= 15 is 0 Å². The van der Waals surface area contributed by atoms with Crippen molar-refractivity contribution in [3.63, 3.8) is 0 Å². The second kappa shape index (κ2) is 3.96. The molecule has 1 atom stereocenters. The van der Waals surface area contributed by atoms with Gasteiger partial charge in [0.05, 0.1) is 11.1 Å². The molecule has 0 amide bonds. The molecule has 0 spiro atoms. The fourth-order valence-electron chi connectivity index (χ4n) is 1.23. The minimum Gasteiger partial charge on any atom is -0.271 e. The van der Waals surface area contributed by atoms with E-state index in [1.54, 1.807) is 11.3 Å². The first-order valence-electron chi connectivity index (χ1n) is 4.16. The maximum atomic E-state index is 6.03. The molecular weight excluding hydrogens is 204 g/mol. The Hall–Kier alpha value is -0.0900. The van der Waals surface area contributed by atoms with Gasteiger partial charge in [0.1, 0.15) is 0 Å². The van der Waals surface area contributed by atoms with Crippen molar-refractivity contribution >= 4 is 22.9 Å². The summed E-state index contributed by atoms with van der Waals surface area (Å²) >= 11 is 7.67. The lowest BCUT2D eigenvalue weighted by molar-refractivity contribution is 0.279. The van der Waals surface area contributed by atoms with E-state index in [9.17, 15) is 0 Å². The Morgan fingerprint density at radius 3 is 2.46 bits per heavy atom. The van der Waals surface area contributed by atoms with Gasteiger partial charge in [-0.1, -0.05) is 32.4 Å². The van der Waals surface area contributed by atoms with Crippen LogP contribution >= 0.6 is 22.9 Å². The molecule has 0 aliphatic heterocycles. The number of nitrogens with one attached hydrogen (secondary N) is 1. The van der Waals surface area contributed by atoms with Gasteiger partial charge in [-0.15, -0.1) is 11.3 Å². The summed E-state index contributed by atoms with van der Waals surface area (Å²) in [6.07, 6.45) is 0. The zero-order valence-electron chi connectivity index (χ0n) is 8.10. The van der Waals surface area contributed by atoms with Gasteiger partial charge in [0.2, 0.25) is 0 Å². The molecule has 0 saturated carbocycles. The molecule has 2 nitrogen and oxygen atoms in total. The van der Waals surface area contributed by atoms with E-state index in [0.717, 1.165) is 9.90 Å². The lowest BCUT2D eigenvalue weighted by Gasteiger charge is -2.29. The van der Waals surface area contributed by atoms with Crippen LogP contribution in [0.1, 0.15) is 31.7 Å². The van der Waals surface area contributed by atoms with Crippen LogP contribution in [0.4, 0.5) is 0 Å². The molecule has 3 N–H and O–H groups in total. The predicted molar refractivity (Wildman–Crippen MR) is 58.8 cm³/mol. The van der Waals surface area contributed by atoms with Crippen molar-refractivity contribution in [3.8, 4) is 0 Å². The second-order valence-electron chi connectivity index (χ2n) is 4.10. The lowest BCUT2D eigenvalue weighted by Crippen LogP contribution is -2.36. The van der Waals surface area contributed by atoms with Crippen molar-refractivity contribution in [2.45, 2.75) is 26.8 Å². The summed E-state index contributed by atoms with van der Waals surface area (Å²) in [5, 5.41) is 2.77. The quantitative estimate of drug-likeness (QED) is 0.592. The molecule has 1 rings (SSSR count). The highest BCUT2D eigenvalue weighted by Gasteiger charge is 2.27. The highest BCUT2D eigenvalue weighted by atomic mass is 35.5. The molecule has 0 radical (unpaired) electrons. The number of hydrogen-bond donors (Lipinski definition) is 2. The normalized spacial score (nSPS) is 14.5. The predicted octanol–water partition coefficient (Wildman–Crippen LogP) is 2.95. The van der Waals surface area contributed by atoms with Gasteiger partial charge in [-0.3, -0.25) is 11.3 Å². The van der Waals surface area contributed by atoms with Crippen LogP contribution in [0.25, 0.3) is 0 Å². The van der Waals surface area contributed by atoms with Gasteiger partial charge in [-0.05, 0) is 16.9 Å². The van der Waals surface area contributed by atoms with Crippen molar-refractivity contribution in [2.75, 3.05) is 0 Å². The van der Waals surface area contributed by atoms with Gasteiger partial charge in [-0.25, -0.2) is 0 Å². The van der Waals surface area contributed by atoms with Crippen molar-refractivity contribution in [1.29, 1.82) is 0 Å². The van der Waals surface area contributed by atoms with Crippen LogP contribution in [0.3, 0.4) is 0 Å². The minimum absolute atomic E-state index is 0.0727. The molecule has 1 aromatic rings. The van der Waals surface area contributed by atoms with Crippen LogP contribution in [0.15, 0.2) is 11.4 Å². The summed E-state index contributed by atoms with van der Waals surface area (Å²) in [6.45, 7) is 6.40. The average molecular weight is 219 g/mol. The van der Waals surface area contributed by atoms with E-state index in [-0.39, 0.29) is 11.5 Å². The molecule has 4 heteroatoms. The molecule has 0 aliphatic rings. The standard InChI is InChI=1S/C9H15ClN2S/c1-9(2,3)8(12-11)7-6(10)4-5-13-7/h4-5,8,12H,11H2,1-3H3. The Balaban J connectivity index is 2.98. The Labute approximate surface area is 88.1 Å². The van der Waals surface area contributed by atoms with Crippen molar-refractivity contribution in [2.24, 2.45) is 11.3 Å². The first kappa shape index (κ1) is 11.0. The topological polar surface area (TPSA) is 38.0 Å². The summed E-state index contributed by atoms with van der Waals surface area (Å²) in [6, 6.07) is 2.01. The molecule has 1 unspecified atom stereocenters. The van der Waals surface area contributed by atoms with Crippen LogP contribution < -0.4 is 11.3 Å². The zero-order chi connectivity index (χ0) is 10.1. The van der Waals surface area contributed by atoms with Gasteiger partial charge in [0, 0.05) is 4.88 Å². The molecule has 0 fully saturated rings. The molecule has 0 aromatic carbocycles. The molecule has 1 heterocycles. The lowest BCUT2D eigenvalue weighted by atomic mass is 9.86. The fourth-order valence-corrected chi connectivity index (χ4v) is 2.70. The van der Waals surface area contributed by atoms with Crippen LogP contribution in [0.2, 0.25) is 5.02 Å². The highest BCUT2D eigenvalue weighted by molar-refractivity contribution is 7.10. The Morgan fingerprint density at radius 1 is 1.54 bits per heavy atom. The fraction of sp³-hybridized carbons (Fsp3) is 0.556. The first-order chi connectivity index (χ1) is 5.96. The molecule has 13 heavy (non-hydrogen) atoms. The van der Waals surface area contributed by atoms with E-state index in [0.29, 0.717) is 0 Å². The number of thiophene rings is 1. The van der Waals surface area contributed by atoms with E-state index in [4.69, 9.17) is 17.4 Å². The Kier molecular flexibility index (Phi) is 3.35. The van der Waals surface area contributed by atoms with Crippen LogP contribution in [-0.4, -0.2) is 0 Å². The maximum Gasteiger partial charge on any atom is 0.0616 e. The maximum absolute atomic E-state index is 6.03. The number of nitrogens with two attached hydrogens (primary N) is 1. The van der Waals surface area contributed by atoms with Crippen molar-refractivity contribution in [3.05, 3.63) is 21.3 Å². The monoisotopic (exact) mass is 218 g/mol. The summed E-state index contributed by atoms with van der Waals surface area (Å²) in [5.74, 6) is 5.52. The van der Waals surface area contributed by atoms with Crippen molar-refractivity contribution in [1.82, 2.24) is 5.43 Å². The van der Waals surface area contributed by atoms with Gasteiger partial charge >= 0.3 is 0 Å². The van der Waals surface area contributed by atoms with Gasteiger partial charge in [-0.2, -0.15) is 0 Å².